The van der Waals surface area contributed by atoms with Gasteiger partial charge in [0.2, 0.25) is 5.88 Å². The van der Waals surface area contributed by atoms with Crippen molar-refractivity contribution in [1.29, 1.82) is 0 Å². The van der Waals surface area contributed by atoms with E-state index in [1.165, 1.54) is 6.92 Å². The van der Waals surface area contributed by atoms with Crippen molar-refractivity contribution in [3.63, 3.8) is 0 Å². The Balaban J connectivity index is 3.24. The highest BCUT2D eigenvalue weighted by Crippen LogP contribution is 2.28. The molecule has 1 heterocycles. The van der Waals surface area contributed by atoms with Gasteiger partial charge in [-0.2, -0.15) is 0 Å². The number of pyridine rings is 1. The van der Waals surface area contributed by atoms with Crippen molar-refractivity contribution in [2.24, 2.45) is 0 Å². The molecule has 0 N–H and O–H groups in total. The van der Waals surface area contributed by atoms with Crippen LogP contribution in [-0.4, -0.2) is 24.4 Å². The fourth-order valence-corrected chi connectivity index (χ4v) is 1.89. The minimum atomic E-state index is -4.85. The van der Waals surface area contributed by atoms with E-state index in [1.807, 2.05) is 0 Å². The summed E-state index contributed by atoms with van der Waals surface area (Å²) in [6.07, 6.45) is -3.74. The maximum Gasteiger partial charge on any atom is 0.574 e. The molecule has 1 aromatic rings. The first kappa shape index (κ1) is 14.0. The van der Waals surface area contributed by atoms with Gasteiger partial charge in [-0.25, -0.2) is 9.78 Å². The molecule has 0 aliphatic heterocycles. The van der Waals surface area contributed by atoms with E-state index in [9.17, 15) is 18.0 Å². The normalized spacial score (nSPS) is 11.2. The van der Waals surface area contributed by atoms with Crippen LogP contribution < -0.4 is 4.74 Å². The van der Waals surface area contributed by atoms with Crippen LogP contribution in [0.25, 0.3) is 0 Å². The monoisotopic (exact) mass is 361 g/mol. The van der Waals surface area contributed by atoms with Crippen LogP contribution in [0, 0.1) is 10.5 Å². The van der Waals surface area contributed by atoms with E-state index >= 15 is 0 Å². The summed E-state index contributed by atoms with van der Waals surface area (Å²) >= 11 is 1.78. The number of halogens is 4. The van der Waals surface area contributed by atoms with Crippen LogP contribution in [0.2, 0.25) is 0 Å². The van der Waals surface area contributed by atoms with Crippen molar-refractivity contribution in [2.45, 2.75) is 13.3 Å². The number of ether oxygens (including phenoxy) is 2. The average molecular weight is 361 g/mol. The topological polar surface area (TPSA) is 48.4 Å². The van der Waals surface area contributed by atoms with E-state index in [-0.39, 0.29) is 11.1 Å². The molecule has 94 valence electrons. The first-order valence-electron chi connectivity index (χ1n) is 4.25. The Kier molecular flexibility index (Phi) is 4.17. The predicted octanol–water partition coefficient (Wildman–Crippen LogP) is 2.68. The zero-order valence-electron chi connectivity index (χ0n) is 8.76. The van der Waals surface area contributed by atoms with Crippen molar-refractivity contribution in [3.8, 4) is 5.88 Å². The van der Waals surface area contributed by atoms with E-state index in [2.05, 4.69) is 14.5 Å². The number of carbonyl (C=O) groups excluding carboxylic acids is 1. The molecule has 1 aromatic heterocycles. The van der Waals surface area contributed by atoms with Crippen LogP contribution in [-0.2, 0) is 4.74 Å². The fraction of sp³-hybridized carbons (Fsp3) is 0.333. The number of methoxy groups -OCH3 is 1. The first-order chi connectivity index (χ1) is 7.76. The van der Waals surface area contributed by atoms with Gasteiger partial charge in [0.1, 0.15) is 0 Å². The van der Waals surface area contributed by atoms with Gasteiger partial charge in [-0.1, -0.05) is 0 Å². The highest BCUT2D eigenvalue weighted by atomic mass is 127. The van der Waals surface area contributed by atoms with Crippen molar-refractivity contribution in [3.05, 3.63) is 20.9 Å². The SMILES string of the molecule is COC(=O)c1c(I)cnc(OC(F)(F)F)c1C. The molecule has 0 aliphatic rings. The van der Waals surface area contributed by atoms with Crippen LogP contribution in [0.1, 0.15) is 15.9 Å². The van der Waals surface area contributed by atoms with Crippen LogP contribution in [0.4, 0.5) is 13.2 Å². The third-order valence-electron chi connectivity index (χ3n) is 1.83. The zero-order chi connectivity index (χ0) is 13.2. The fourth-order valence-electron chi connectivity index (χ4n) is 1.13. The van der Waals surface area contributed by atoms with Gasteiger partial charge in [0.15, 0.2) is 0 Å². The van der Waals surface area contributed by atoms with Gasteiger partial charge in [0.05, 0.1) is 12.7 Å². The Labute approximate surface area is 108 Å². The van der Waals surface area contributed by atoms with Crippen LogP contribution in [0.3, 0.4) is 0 Å². The van der Waals surface area contributed by atoms with Crippen LogP contribution in [0.15, 0.2) is 6.20 Å². The van der Waals surface area contributed by atoms with Gasteiger partial charge in [-0.05, 0) is 29.5 Å². The molecule has 0 unspecified atom stereocenters. The van der Waals surface area contributed by atoms with E-state index in [4.69, 9.17) is 0 Å². The minimum Gasteiger partial charge on any atom is -0.465 e. The summed E-state index contributed by atoms with van der Waals surface area (Å²) < 4.78 is 44.7. The summed E-state index contributed by atoms with van der Waals surface area (Å²) in [5.74, 6) is -1.39. The van der Waals surface area contributed by atoms with E-state index < -0.39 is 18.2 Å². The molecular weight excluding hydrogens is 354 g/mol. The number of alkyl halides is 3. The molecule has 0 saturated heterocycles. The summed E-state index contributed by atoms with van der Waals surface area (Å²) in [4.78, 5) is 14.9. The summed E-state index contributed by atoms with van der Waals surface area (Å²) in [5.41, 5.74) is 0.00317. The molecule has 0 saturated carbocycles. The van der Waals surface area contributed by atoms with Gasteiger partial charge in [-0.15, -0.1) is 13.2 Å². The zero-order valence-corrected chi connectivity index (χ0v) is 10.9. The number of hydrogen-bond donors (Lipinski definition) is 0. The standard InChI is InChI=1S/C9H7F3INO3/c1-4-6(8(15)16-2)5(13)3-14-7(4)17-9(10,11)12/h3H,1-2H3. The lowest BCUT2D eigenvalue weighted by molar-refractivity contribution is -0.276. The molecular formula is C9H7F3INO3. The molecule has 0 spiro atoms. The smallest absolute Gasteiger partial charge is 0.465 e. The molecule has 0 aliphatic carbocycles. The molecule has 0 amide bonds. The third-order valence-corrected chi connectivity index (χ3v) is 2.65. The molecule has 0 bridgehead atoms. The number of carbonyl (C=O) groups is 1. The largest absolute Gasteiger partial charge is 0.574 e. The van der Waals surface area contributed by atoms with Gasteiger partial charge < -0.3 is 9.47 Å². The van der Waals surface area contributed by atoms with Crippen LogP contribution in [0.5, 0.6) is 5.88 Å². The van der Waals surface area contributed by atoms with E-state index in [0.29, 0.717) is 3.57 Å². The van der Waals surface area contributed by atoms with Crippen molar-refractivity contribution in [2.75, 3.05) is 7.11 Å². The van der Waals surface area contributed by atoms with Gasteiger partial charge in [0, 0.05) is 15.3 Å². The molecule has 0 fully saturated rings. The molecule has 8 heteroatoms. The quantitative estimate of drug-likeness (QED) is 0.601. The summed E-state index contributed by atoms with van der Waals surface area (Å²) in [6, 6.07) is 0. The number of nitrogens with zero attached hydrogens (tertiary/aromatic N) is 1. The second-order valence-corrected chi connectivity index (χ2v) is 4.11. The second kappa shape index (κ2) is 5.07. The molecule has 1 rings (SSSR count). The molecule has 4 nitrogen and oxygen atoms in total. The Morgan fingerprint density at radius 1 is 1.47 bits per heavy atom. The maximum atomic E-state index is 12.1. The third kappa shape index (κ3) is 3.45. The average Bonchev–Trinajstić information content (AvgIpc) is 2.20. The van der Waals surface area contributed by atoms with Gasteiger partial charge in [-0.3, -0.25) is 0 Å². The molecule has 0 aromatic carbocycles. The Hall–Kier alpha value is -1.06. The lowest BCUT2D eigenvalue weighted by Crippen LogP contribution is -2.20. The van der Waals surface area contributed by atoms with E-state index in [1.54, 1.807) is 22.6 Å². The van der Waals surface area contributed by atoms with Crippen molar-refractivity contribution >= 4 is 28.6 Å². The Morgan fingerprint density at radius 3 is 2.53 bits per heavy atom. The minimum absolute atomic E-state index is 0.0129. The van der Waals surface area contributed by atoms with Crippen molar-refractivity contribution in [1.82, 2.24) is 4.98 Å². The summed E-state index contributed by atoms with van der Waals surface area (Å²) in [5, 5.41) is 0. The number of esters is 1. The number of rotatable bonds is 2. The number of hydrogen-bond acceptors (Lipinski definition) is 4. The van der Waals surface area contributed by atoms with Crippen molar-refractivity contribution < 1.29 is 27.4 Å². The Bertz CT molecular complexity index is 448. The second-order valence-electron chi connectivity index (χ2n) is 2.95. The molecule has 17 heavy (non-hydrogen) atoms. The summed E-state index contributed by atoms with van der Waals surface area (Å²) in [7, 11) is 1.14. The lowest BCUT2D eigenvalue weighted by atomic mass is 10.1. The van der Waals surface area contributed by atoms with Gasteiger partial charge in [0.25, 0.3) is 0 Å². The molecule has 0 radical (unpaired) electrons. The predicted molar refractivity (Wildman–Crippen MR) is 59.7 cm³/mol. The lowest BCUT2D eigenvalue weighted by Gasteiger charge is -2.13. The number of aromatic nitrogens is 1. The maximum absolute atomic E-state index is 12.1. The highest BCUT2D eigenvalue weighted by molar-refractivity contribution is 14.1. The first-order valence-corrected chi connectivity index (χ1v) is 5.33. The Morgan fingerprint density at radius 2 is 2.06 bits per heavy atom. The van der Waals surface area contributed by atoms with E-state index in [0.717, 1.165) is 13.3 Å². The molecule has 0 atom stereocenters. The summed E-state index contributed by atoms with van der Waals surface area (Å²) in [6.45, 7) is 1.31. The van der Waals surface area contributed by atoms with Crippen LogP contribution >= 0.6 is 22.6 Å². The van der Waals surface area contributed by atoms with Gasteiger partial charge >= 0.3 is 12.3 Å². The highest BCUT2D eigenvalue weighted by Gasteiger charge is 2.33.